The van der Waals surface area contributed by atoms with E-state index in [4.69, 9.17) is 27.9 Å². The Morgan fingerprint density at radius 2 is 1.88 bits per heavy atom. The van der Waals surface area contributed by atoms with Crippen LogP contribution in [0.25, 0.3) is 0 Å². The Balaban J connectivity index is 2.19. The first-order chi connectivity index (χ1) is 15.4. The molecular formula is C26H29Cl2NO3. The number of piperidine rings is 1. The largest absolute Gasteiger partial charge is 0.464 e. The lowest BCUT2D eigenvalue weighted by Crippen LogP contribution is -2.54. The van der Waals surface area contributed by atoms with Gasteiger partial charge in [-0.05, 0) is 61.6 Å². The number of amides is 1. The summed E-state index contributed by atoms with van der Waals surface area (Å²) in [5.74, 6) is -0.765. The SMILES string of the molecule is C=CC[C@@H]1C[C@H](c2cccc(Cl)c2)[C@@H](c2ccc(Cl)cc2)N([C@@H](CC)C(=O)OCC)C1=O. The van der Waals surface area contributed by atoms with Crippen LogP contribution >= 0.6 is 23.2 Å². The van der Waals surface area contributed by atoms with E-state index in [1.165, 1.54) is 0 Å². The predicted molar refractivity (Wildman–Crippen MR) is 129 cm³/mol. The molecule has 1 aliphatic heterocycles. The van der Waals surface area contributed by atoms with Crippen LogP contribution in [0.2, 0.25) is 10.0 Å². The van der Waals surface area contributed by atoms with E-state index in [0.29, 0.717) is 29.3 Å². The summed E-state index contributed by atoms with van der Waals surface area (Å²) in [5, 5.41) is 1.25. The molecule has 1 amide bonds. The van der Waals surface area contributed by atoms with Gasteiger partial charge in [0.1, 0.15) is 6.04 Å². The van der Waals surface area contributed by atoms with Crippen LogP contribution in [0.3, 0.4) is 0 Å². The van der Waals surface area contributed by atoms with Gasteiger partial charge >= 0.3 is 5.97 Å². The molecule has 32 heavy (non-hydrogen) atoms. The summed E-state index contributed by atoms with van der Waals surface area (Å²) in [7, 11) is 0. The van der Waals surface area contributed by atoms with Gasteiger partial charge in [0.15, 0.2) is 0 Å². The van der Waals surface area contributed by atoms with Crippen molar-refractivity contribution in [1.29, 1.82) is 0 Å². The van der Waals surface area contributed by atoms with Crippen LogP contribution in [-0.4, -0.2) is 29.4 Å². The third-order valence-corrected chi connectivity index (χ3v) is 6.53. The van der Waals surface area contributed by atoms with Crippen LogP contribution in [0.5, 0.6) is 0 Å². The third-order valence-electron chi connectivity index (χ3n) is 6.04. The van der Waals surface area contributed by atoms with E-state index >= 15 is 0 Å². The van der Waals surface area contributed by atoms with Crippen molar-refractivity contribution in [1.82, 2.24) is 4.90 Å². The maximum absolute atomic E-state index is 13.7. The second kappa shape index (κ2) is 11.0. The molecule has 4 atom stereocenters. The molecule has 0 N–H and O–H groups in total. The van der Waals surface area contributed by atoms with E-state index in [-0.39, 0.29) is 36.4 Å². The summed E-state index contributed by atoms with van der Waals surface area (Å²) >= 11 is 12.5. The zero-order chi connectivity index (χ0) is 23.3. The molecule has 1 heterocycles. The fourth-order valence-electron chi connectivity index (χ4n) is 4.65. The molecule has 0 aromatic heterocycles. The van der Waals surface area contributed by atoms with Gasteiger partial charge < -0.3 is 9.64 Å². The molecule has 1 aliphatic rings. The number of hydrogen-bond donors (Lipinski definition) is 0. The number of esters is 1. The molecule has 2 aromatic rings. The third kappa shape index (κ3) is 5.19. The Morgan fingerprint density at radius 1 is 1.16 bits per heavy atom. The summed E-state index contributed by atoms with van der Waals surface area (Å²) < 4.78 is 5.36. The highest BCUT2D eigenvalue weighted by Gasteiger charge is 2.47. The van der Waals surface area contributed by atoms with Crippen LogP contribution in [0, 0.1) is 5.92 Å². The molecule has 0 saturated carbocycles. The maximum atomic E-state index is 13.7. The number of hydrogen-bond acceptors (Lipinski definition) is 3. The number of rotatable bonds is 8. The average molecular weight is 474 g/mol. The summed E-state index contributed by atoms with van der Waals surface area (Å²) in [6.45, 7) is 7.78. The second-order valence-corrected chi connectivity index (χ2v) is 8.91. The summed E-state index contributed by atoms with van der Waals surface area (Å²) in [5.41, 5.74) is 1.95. The van der Waals surface area contributed by atoms with E-state index in [0.717, 1.165) is 11.1 Å². The minimum Gasteiger partial charge on any atom is -0.464 e. The Morgan fingerprint density at radius 3 is 2.47 bits per heavy atom. The summed E-state index contributed by atoms with van der Waals surface area (Å²) in [6, 6.07) is 14.2. The number of nitrogens with zero attached hydrogens (tertiary/aromatic N) is 1. The Bertz CT molecular complexity index is 960. The quantitative estimate of drug-likeness (QED) is 0.321. The van der Waals surface area contributed by atoms with Crippen molar-refractivity contribution in [2.24, 2.45) is 5.92 Å². The van der Waals surface area contributed by atoms with E-state index in [1.54, 1.807) is 17.9 Å². The number of likely N-dealkylation sites (tertiary alicyclic amines) is 1. The van der Waals surface area contributed by atoms with Gasteiger partial charge in [0.2, 0.25) is 5.91 Å². The fourth-order valence-corrected chi connectivity index (χ4v) is 4.97. The highest BCUT2D eigenvalue weighted by Crippen LogP contribution is 2.47. The van der Waals surface area contributed by atoms with Crippen molar-refractivity contribution >= 4 is 35.1 Å². The van der Waals surface area contributed by atoms with Crippen molar-refractivity contribution in [3.05, 3.63) is 82.4 Å². The average Bonchev–Trinajstić information content (AvgIpc) is 2.77. The molecule has 0 bridgehead atoms. The van der Waals surface area contributed by atoms with Crippen LogP contribution < -0.4 is 0 Å². The Hall–Kier alpha value is -2.30. The van der Waals surface area contributed by atoms with E-state index in [9.17, 15) is 9.59 Å². The van der Waals surface area contributed by atoms with E-state index < -0.39 is 6.04 Å². The number of carbonyl (C=O) groups is 2. The zero-order valence-corrected chi connectivity index (χ0v) is 20.0. The maximum Gasteiger partial charge on any atom is 0.328 e. The normalized spacial score (nSPS) is 21.8. The van der Waals surface area contributed by atoms with Crippen LogP contribution in [0.15, 0.2) is 61.2 Å². The van der Waals surface area contributed by atoms with Crippen molar-refractivity contribution in [3.63, 3.8) is 0 Å². The van der Waals surface area contributed by atoms with Gasteiger partial charge in [-0.1, -0.05) is 60.5 Å². The summed E-state index contributed by atoms with van der Waals surface area (Å²) in [4.78, 5) is 28.4. The molecule has 4 nitrogen and oxygen atoms in total. The molecule has 0 radical (unpaired) electrons. The number of carbonyl (C=O) groups excluding carboxylic acids is 2. The monoisotopic (exact) mass is 473 g/mol. The molecular weight excluding hydrogens is 445 g/mol. The number of halogens is 2. The first-order valence-corrected chi connectivity index (χ1v) is 11.8. The highest BCUT2D eigenvalue weighted by atomic mass is 35.5. The molecule has 2 aromatic carbocycles. The lowest BCUT2D eigenvalue weighted by molar-refractivity contribution is -0.162. The number of ether oxygens (including phenoxy) is 1. The minimum absolute atomic E-state index is 0.0527. The predicted octanol–water partition coefficient (Wildman–Crippen LogP) is 6.58. The van der Waals surface area contributed by atoms with Gasteiger partial charge in [0, 0.05) is 21.9 Å². The topological polar surface area (TPSA) is 46.6 Å². The molecule has 1 saturated heterocycles. The van der Waals surface area contributed by atoms with E-state index in [2.05, 4.69) is 6.58 Å². The fraction of sp³-hybridized carbons (Fsp3) is 0.385. The van der Waals surface area contributed by atoms with Gasteiger partial charge in [0.05, 0.1) is 12.6 Å². The minimum atomic E-state index is -0.683. The molecule has 0 unspecified atom stereocenters. The first-order valence-electron chi connectivity index (χ1n) is 11.0. The zero-order valence-electron chi connectivity index (χ0n) is 18.5. The van der Waals surface area contributed by atoms with Crippen molar-refractivity contribution < 1.29 is 14.3 Å². The van der Waals surface area contributed by atoms with Gasteiger partial charge in [-0.25, -0.2) is 4.79 Å². The van der Waals surface area contributed by atoms with Gasteiger partial charge in [-0.2, -0.15) is 0 Å². The molecule has 0 spiro atoms. The summed E-state index contributed by atoms with van der Waals surface area (Å²) in [6.07, 6.45) is 3.40. The van der Waals surface area contributed by atoms with Crippen LogP contribution in [-0.2, 0) is 14.3 Å². The van der Waals surface area contributed by atoms with Gasteiger partial charge in [-0.3, -0.25) is 4.79 Å². The van der Waals surface area contributed by atoms with Crippen LogP contribution in [0.4, 0.5) is 0 Å². The van der Waals surface area contributed by atoms with E-state index in [1.807, 2.05) is 55.5 Å². The standard InChI is InChI=1S/C26H29Cl2NO3/c1-4-8-19-16-22(18-9-7-10-21(28)15-18)24(17-11-13-20(27)14-12-17)29(25(19)30)23(5-2)26(31)32-6-3/h4,7,9-15,19,22-24H,1,5-6,8,16H2,2-3H3/t19-,22-,23+,24-/m1/s1. The number of allylic oxidation sites excluding steroid dienone is 1. The molecule has 170 valence electrons. The van der Waals surface area contributed by atoms with Gasteiger partial charge in [0.25, 0.3) is 0 Å². The molecule has 3 rings (SSSR count). The number of benzene rings is 2. The smallest absolute Gasteiger partial charge is 0.328 e. The molecule has 6 heteroatoms. The lowest BCUT2D eigenvalue weighted by Gasteiger charge is -2.47. The molecule has 1 fully saturated rings. The van der Waals surface area contributed by atoms with Gasteiger partial charge in [-0.15, -0.1) is 6.58 Å². The van der Waals surface area contributed by atoms with Crippen molar-refractivity contribution in [2.45, 2.75) is 51.1 Å². The lowest BCUT2D eigenvalue weighted by atomic mass is 9.74. The Kier molecular flexibility index (Phi) is 8.38. The first kappa shape index (κ1) is 24.3. The van der Waals surface area contributed by atoms with Crippen molar-refractivity contribution in [3.8, 4) is 0 Å². The highest BCUT2D eigenvalue weighted by molar-refractivity contribution is 6.30. The Labute approximate surface area is 200 Å². The van der Waals surface area contributed by atoms with Crippen molar-refractivity contribution in [2.75, 3.05) is 6.61 Å². The van der Waals surface area contributed by atoms with Crippen LogP contribution in [0.1, 0.15) is 56.2 Å². The molecule has 0 aliphatic carbocycles. The second-order valence-electron chi connectivity index (χ2n) is 8.04.